The highest BCUT2D eigenvalue weighted by Gasteiger charge is 2.39. The highest BCUT2D eigenvalue weighted by Crippen LogP contribution is 2.41. The largest absolute Gasteiger partial charge is 0.778 e. The molecule has 0 saturated heterocycles. The van der Waals surface area contributed by atoms with Gasteiger partial charge in [0.05, 0.1) is 63.5 Å². The maximum absolute atomic E-state index is 14.3. The number of hydrogen-bond donors (Lipinski definition) is 4. The van der Waals surface area contributed by atoms with Gasteiger partial charge in [-0.25, -0.2) is 23.2 Å². The second-order valence-corrected chi connectivity index (χ2v) is 21.0. The number of carboxylic acid groups (broad SMARTS) is 2. The van der Waals surface area contributed by atoms with Crippen LogP contribution >= 0.6 is 69.8 Å². The van der Waals surface area contributed by atoms with Gasteiger partial charge in [0.25, 0.3) is 0 Å². The minimum absolute atomic E-state index is 0.0370. The van der Waals surface area contributed by atoms with Crippen molar-refractivity contribution in [3.63, 3.8) is 0 Å². The number of nitrogens with one attached hydrogen (secondary N) is 1. The molecule has 1 unspecified atom stereocenters. The van der Waals surface area contributed by atoms with E-state index in [-0.39, 0.29) is 43.2 Å². The molecule has 350 valence electrons. The van der Waals surface area contributed by atoms with E-state index in [1.54, 1.807) is 23.2 Å². The number of carbonyl (C=O) groups excluding carboxylic acids is 1. The topological polar surface area (TPSA) is 230 Å². The van der Waals surface area contributed by atoms with Gasteiger partial charge < -0.3 is 29.3 Å². The number of benzene rings is 2. The summed E-state index contributed by atoms with van der Waals surface area (Å²) in [5.74, 6) is -4.70. The lowest BCUT2D eigenvalue weighted by Gasteiger charge is -2.15. The molecule has 4 aromatic rings. The van der Waals surface area contributed by atoms with E-state index in [4.69, 9.17) is 43.0 Å². The molecule has 28 heteroatoms. The SMILES string of the molecule is CC(C)OC(=O)c1cc(-c2nn(C)c(C(F)(F)F)c2Br)c(F)cc1Cl.C[S+](C)C.O=C(O)CNCP(=O)([O-])O.O=C(O)CSc1cc(N=c2sc(=O)n3n2CCCC3)c(F)cc1Cl. The summed E-state index contributed by atoms with van der Waals surface area (Å²) in [4.78, 5) is 67.5. The summed E-state index contributed by atoms with van der Waals surface area (Å²) in [6.45, 7) is 4.04. The van der Waals surface area contributed by atoms with Crippen LogP contribution in [0, 0.1) is 11.6 Å². The van der Waals surface area contributed by atoms with E-state index in [1.807, 2.05) is 5.32 Å². The molecule has 0 bridgehead atoms. The van der Waals surface area contributed by atoms with Crippen LogP contribution in [0.5, 0.6) is 0 Å². The monoisotopic (exact) mass is 1080 g/mol. The first-order valence-electron chi connectivity index (χ1n) is 17.7. The first-order valence-corrected chi connectivity index (χ1v) is 25.2. The predicted molar refractivity (Wildman–Crippen MR) is 233 cm³/mol. The van der Waals surface area contributed by atoms with Crippen LogP contribution in [0.1, 0.15) is 42.7 Å². The standard InChI is InChI=1S/C15H12BrClF4N2O2.C14H13ClFN3O3S2.C3H8NO5P.C3H9S/c1-6(2)25-14(24)7-4-8(10(18)5-9(7)17)12-11(16)13(15(19,20)21)23(3)22-12;15-8-5-9(16)10(6-11(8)23-7-12(20)21)17-13-18-3-1-2-4-19(18)14(22)24-13;5-3(6)1-4-2-10(7,8)9;1-4(2)3/h4-6H,1-3H3;5-6H,1-4,7H2,(H,20,21);4H,1-2H2,(H,5,6)(H2,7,8,9);1-3H3/q;;;+1/p-1. The van der Waals surface area contributed by atoms with Crippen molar-refractivity contribution in [1.29, 1.82) is 0 Å². The molecule has 0 fully saturated rings. The van der Waals surface area contributed by atoms with Crippen molar-refractivity contribution in [3.8, 4) is 11.3 Å². The maximum atomic E-state index is 14.3. The lowest BCUT2D eigenvalue weighted by Crippen LogP contribution is -2.31. The molecule has 0 spiro atoms. The summed E-state index contributed by atoms with van der Waals surface area (Å²) in [5.41, 5.74) is -1.82. The van der Waals surface area contributed by atoms with Crippen LogP contribution in [-0.4, -0.2) is 95.6 Å². The van der Waals surface area contributed by atoms with Crippen LogP contribution in [0.3, 0.4) is 0 Å². The first-order chi connectivity index (χ1) is 29.0. The van der Waals surface area contributed by atoms with E-state index in [1.165, 1.54) is 6.07 Å². The number of aryl methyl sites for hydroxylation is 1. The molecule has 0 saturated carbocycles. The Labute approximate surface area is 386 Å². The van der Waals surface area contributed by atoms with Crippen LogP contribution in [0.4, 0.5) is 27.6 Å². The van der Waals surface area contributed by atoms with Gasteiger partial charge in [-0.3, -0.25) is 29.1 Å². The minimum atomic E-state index is -4.69. The summed E-state index contributed by atoms with van der Waals surface area (Å²) >= 11 is 16.6. The summed E-state index contributed by atoms with van der Waals surface area (Å²) in [6, 6.07) is 4.38. The van der Waals surface area contributed by atoms with E-state index < -0.39 is 72.4 Å². The van der Waals surface area contributed by atoms with Crippen molar-refractivity contribution in [2.75, 3.05) is 37.4 Å². The molecule has 4 N–H and O–H groups in total. The van der Waals surface area contributed by atoms with Crippen molar-refractivity contribution >= 4 is 104 Å². The van der Waals surface area contributed by atoms with E-state index >= 15 is 0 Å². The Kier molecular flexibility index (Phi) is 22.1. The van der Waals surface area contributed by atoms with Gasteiger partial charge in [-0.1, -0.05) is 23.2 Å². The third-order valence-electron chi connectivity index (χ3n) is 7.18. The number of alkyl halides is 3. The highest BCUT2D eigenvalue weighted by atomic mass is 79.9. The van der Waals surface area contributed by atoms with Crippen molar-refractivity contribution in [1.82, 2.24) is 24.5 Å². The number of aromatic nitrogens is 4. The second kappa shape index (κ2) is 24.9. The molecule has 0 amide bonds. The molecule has 2 aromatic heterocycles. The Morgan fingerprint density at radius 2 is 1.63 bits per heavy atom. The van der Waals surface area contributed by atoms with Gasteiger partial charge in [0.15, 0.2) is 5.69 Å². The summed E-state index contributed by atoms with van der Waals surface area (Å²) in [6.07, 6.45) is 2.60. The Morgan fingerprint density at radius 3 is 2.14 bits per heavy atom. The Bertz CT molecular complexity index is 2440. The Balaban J connectivity index is 0.000000335. The van der Waals surface area contributed by atoms with Gasteiger partial charge >= 0.3 is 29.0 Å². The molecule has 1 atom stereocenters. The molecule has 63 heavy (non-hydrogen) atoms. The molecule has 16 nitrogen and oxygen atoms in total. The molecule has 0 radical (unpaired) electrons. The van der Waals surface area contributed by atoms with Crippen LogP contribution in [0.2, 0.25) is 10.0 Å². The predicted octanol–water partition coefficient (Wildman–Crippen LogP) is 6.59. The number of carbonyl (C=O) groups is 3. The number of aliphatic carboxylic acids is 2. The van der Waals surface area contributed by atoms with Gasteiger partial charge in [0.2, 0.25) is 4.80 Å². The second-order valence-electron chi connectivity index (χ2n) is 13.4. The Hall–Kier alpha value is -3.26. The summed E-state index contributed by atoms with van der Waals surface area (Å²) < 4.78 is 86.1. The molecule has 2 aromatic carbocycles. The lowest BCUT2D eigenvalue weighted by atomic mass is 10.1. The smallest absolute Gasteiger partial charge is 0.434 e. The number of hydrogen-bond acceptors (Lipinski definition) is 12. The number of fused-ring (bicyclic) bond motifs is 1. The third-order valence-corrected chi connectivity index (χ3v) is 11.2. The fraction of sp³-hybridized carbons (Fsp3) is 0.429. The normalized spacial score (nSPS) is 13.5. The van der Waals surface area contributed by atoms with E-state index in [9.17, 15) is 50.6 Å². The number of ether oxygens (including phenoxy) is 1. The number of thioether (sulfide) groups is 1. The average Bonchev–Trinajstić information content (AvgIpc) is 3.61. The van der Waals surface area contributed by atoms with Crippen molar-refractivity contribution in [2.45, 2.75) is 57.0 Å². The van der Waals surface area contributed by atoms with E-state index in [0.29, 0.717) is 38.4 Å². The fourth-order valence-electron chi connectivity index (χ4n) is 4.82. The zero-order valence-corrected chi connectivity index (χ0v) is 40.4. The Morgan fingerprint density at radius 1 is 1.06 bits per heavy atom. The molecule has 1 aliphatic heterocycles. The van der Waals surface area contributed by atoms with Crippen molar-refractivity contribution < 1.29 is 65.6 Å². The zero-order chi connectivity index (χ0) is 48.1. The number of nitrogens with zero attached hydrogens (tertiary/aromatic N) is 5. The van der Waals surface area contributed by atoms with Crippen LogP contribution in [0.25, 0.3) is 11.3 Å². The average molecular weight is 1080 g/mol. The summed E-state index contributed by atoms with van der Waals surface area (Å²) in [5, 5.41) is 22.4. The molecular weight excluding hydrogens is 1040 g/mol. The summed E-state index contributed by atoms with van der Waals surface area (Å²) in [7, 11) is -2.63. The van der Waals surface area contributed by atoms with Gasteiger partial charge in [0, 0.05) is 30.6 Å². The van der Waals surface area contributed by atoms with Gasteiger partial charge in [-0.05, 0) is 89.1 Å². The number of rotatable bonds is 11. The van der Waals surface area contributed by atoms with Gasteiger partial charge in [-0.15, -0.1) is 11.8 Å². The fourth-order valence-corrected chi connectivity index (χ4v) is 8.09. The number of halogens is 8. The van der Waals surface area contributed by atoms with Crippen LogP contribution in [-0.2, 0) is 56.1 Å². The van der Waals surface area contributed by atoms with E-state index in [2.05, 4.69) is 44.8 Å². The maximum Gasteiger partial charge on any atom is 0.434 e. The molecule has 0 aliphatic carbocycles. The molecular formula is C35H41BrCl2F5N6O10PS3. The quantitative estimate of drug-likeness (QED) is 0.0409. The number of esters is 1. The zero-order valence-electron chi connectivity index (χ0n) is 34.0. The number of carboxylic acids is 2. The van der Waals surface area contributed by atoms with Gasteiger partial charge in [0.1, 0.15) is 30.6 Å². The highest BCUT2D eigenvalue weighted by molar-refractivity contribution is 9.10. The third kappa shape index (κ3) is 18.3. The minimum Gasteiger partial charge on any atom is -0.778 e. The molecule has 5 rings (SSSR count). The first kappa shape index (κ1) is 55.9. The van der Waals surface area contributed by atoms with Crippen LogP contribution in [0.15, 0.2) is 43.4 Å². The van der Waals surface area contributed by atoms with Crippen molar-refractivity contribution in [3.05, 3.63) is 76.1 Å². The van der Waals surface area contributed by atoms with Gasteiger partial charge in [-0.2, -0.15) is 18.3 Å². The molecule has 1 aliphatic rings. The van der Waals surface area contributed by atoms with Crippen LogP contribution < -0.4 is 19.9 Å². The lowest BCUT2D eigenvalue weighted by molar-refractivity contribution is -0.193. The molecule has 3 heterocycles. The van der Waals surface area contributed by atoms with Crippen molar-refractivity contribution in [2.24, 2.45) is 12.0 Å². The van der Waals surface area contributed by atoms with E-state index in [0.717, 1.165) is 61.2 Å².